The molecule has 0 saturated carbocycles. The molecule has 1 rings (SSSR count). The highest BCUT2D eigenvalue weighted by Gasteiger charge is 1.93. The third kappa shape index (κ3) is 3.19. The van der Waals surface area contributed by atoms with Crippen molar-refractivity contribution in [2.24, 2.45) is 0 Å². The van der Waals surface area contributed by atoms with Crippen LogP contribution in [0.2, 0.25) is 0 Å². The van der Waals surface area contributed by atoms with E-state index in [9.17, 15) is 0 Å². The Morgan fingerprint density at radius 2 is 2.00 bits per heavy atom. The smallest absolute Gasteiger partial charge is 0.165 e. The largest absolute Gasteiger partial charge is 0.195 e. The quantitative estimate of drug-likeness (QED) is 0.360. The number of halogens is 1. The summed E-state index contributed by atoms with van der Waals surface area (Å²) < 4.78 is 0. The fourth-order valence-corrected chi connectivity index (χ4v) is 1.94. The zero-order valence-electron chi connectivity index (χ0n) is 5.92. The van der Waals surface area contributed by atoms with Gasteiger partial charge in [0.05, 0.1) is 0 Å². The highest BCUT2D eigenvalue weighted by molar-refractivity contribution is 9.08. The molecule has 0 aliphatic rings. The first-order valence-corrected chi connectivity index (χ1v) is 6.73. The lowest BCUT2D eigenvalue weighted by molar-refractivity contribution is 1.45. The van der Waals surface area contributed by atoms with Crippen LogP contribution in [0.1, 0.15) is 5.56 Å². The predicted octanol–water partition coefficient (Wildman–Crippen LogP) is 2.35. The van der Waals surface area contributed by atoms with Gasteiger partial charge in [0.15, 0.2) is 7.00 Å². The maximum absolute atomic E-state index is 4.14. The Hall–Kier alpha value is 0.545. The SMILES string of the molecule is SP[B]c1ccc(CBr)cc1. The second kappa shape index (κ2) is 5.24. The zero-order valence-corrected chi connectivity index (χ0v) is 9.40. The molecule has 1 aromatic rings. The molecule has 0 fully saturated rings. The molecule has 0 heterocycles. The Morgan fingerprint density at radius 1 is 1.36 bits per heavy atom. The van der Waals surface area contributed by atoms with E-state index in [1.54, 1.807) is 0 Å². The topological polar surface area (TPSA) is 0 Å². The van der Waals surface area contributed by atoms with Crippen LogP contribution in [-0.4, -0.2) is 7.00 Å². The van der Waals surface area contributed by atoms with Gasteiger partial charge in [-0.1, -0.05) is 45.7 Å². The summed E-state index contributed by atoms with van der Waals surface area (Å²) in [5.41, 5.74) is 2.56. The number of alkyl halides is 1. The Labute approximate surface area is 83.4 Å². The van der Waals surface area contributed by atoms with E-state index in [1.165, 1.54) is 11.0 Å². The van der Waals surface area contributed by atoms with Crippen molar-refractivity contribution in [3.05, 3.63) is 29.8 Å². The van der Waals surface area contributed by atoms with Crippen molar-refractivity contribution in [1.29, 1.82) is 0 Å². The standard InChI is InChI=1S/C7H8BBrPS/c9-5-6-1-3-7(4-2-6)8-10-11/h1-4,10-11H,5H2. The summed E-state index contributed by atoms with van der Waals surface area (Å²) in [5, 5.41) is 0.927. The molecule has 0 nitrogen and oxygen atoms in total. The molecule has 1 unspecified atom stereocenters. The fourth-order valence-electron chi connectivity index (χ4n) is 0.777. The minimum absolute atomic E-state index is 0.590. The second-order valence-electron chi connectivity index (χ2n) is 2.15. The molecular formula is C7H8BBrPS. The van der Waals surface area contributed by atoms with Crippen LogP contribution in [0.15, 0.2) is 24.3 Å². The first-order chi connectivity index (χ1) is 5.36. The monoisotopic (exact) mass is 245 g/mol. The van der Waals surface area contributed by atoms with Gasteiger partial charge in [-0.15, -0.1) is 7.66 Å². The van der Waals surface area contributed by atoms with E-state index < -0.39 is 0 Å². The first kappa shape index (κ1) is 9.63. The van der Waals surface area contributed by atoms with Crippen molar-refractivity contribution in [3.63, 3.8) is 0 Å². The Kier molecular flexibility index (Phi) is 4.59. The van der Waals surface area contributed by atoms with Gasteiger partial charge in [0.25, 0.3) is 0 Å². The summed E-state index contributed by atoms with van der Waals surface area (Å²) >= 11 is 7.54. The summed E-state index contributed by atoms with van der Waals surface area (Å²) in [6.45, 7) is 2.11. The van der Waals surface area contributed by atoms with E-state index in [0.29, 0.717) is 7.66 Å². The van der Waals surface area contributed by atoms with Crippen molar-refractivity contribution in [2.45, 2.75) is 5.33 Å². The number of benzene rings is 1. The van der Waals surface area contributed by atoms with Gasteiger partial charge < -0.3 is 0 Å². The van der Waals surface area contributed by atoms with Crippen LogP contribution >= 0.6 is 35.8 Å². The Balaban J connectivity index is 2.66. The highest BCUT2D eigenvalue weighted by atomic mass is 79.9. The summed E-state index contributed by atoms with van der Waals surface area (Å²) in [6.07, 6.45) is 0. The van der Waals surface area contributed by atoms with Crippen LogP contribution in [-0.2, 0) is 5.33 Å². The van der Waals surface area contributed by atoms with Gasteiger partial charge in [-0.2, -0.15) is 12.2 Å². The van der Waals surface area contributed by atoms with Crippen molar-refractivity contribution >= 4 is 48.3 Å². The lowest BCUT2D eigenvalue weighted by Crippen LogP contribution is -2.07. The van der Waals surface area contributed by atoms with Crippen molar-refractivity contribution in [1.82, 2.24) is 0 Å². The van der Waals surface area contributed by atoms with Gasteiger partial charge in [0.1, 0.15) is 0 Å². The molecule has 0 bridgehead atoms. The van der Waals surface area contributed by atoms with Crippen LogP contribution in [0, 0.1) is 0 Å². The van der Waals surface area contributed by atoms with Gasteiger partial charge >= 0.3 is 0 Å². The van der Waals surface area contributed by atoms with Crippen LogP contribution < -0.4 is 5.46 Å². The molecular weight excluding hydrogens is 238 g/mol. The van der Waals surface area contributed by atoms with Gasteiger partial charge in [-0.25, -0.2) is 0 Å². The molecule has 0 aromatic heterocycles. The number of thiol groups is 1. The number of hydrogen-bond acceptors (Lipinski definition) is 1. The second-order valence-corrected chi connectivity index (χ2v) is 4.03. The van der Waals surface area contributed by atoms with Crippen LogP contribution in [0.3, 0.4) is 0 Å². The van der Waals surface area contributed by atoms with E-state index in [1.807, 2.05) is 0 Å². The maximum atomic E-state index is 4.14. The maximum Gasteiger partial charge on any atom is 0.195 e. The number of hydrogen-bond donors (Lipinski definition) is 1. The normalized spacial score (nSPS) is 10.7. The predicted molar refractivity (Wildman–Crippen MR) is 61.8 cm³/mol. The zero-order chi connectivity index (χ0) is 8.10. The number of rotatable bonds is 3. The molecule has 1 atom stereocenters. The van der Waals surface area contributed by atoms with E-state index >= 15 is 0 Å². The first-order valence-electron chi connectivity index (χ1n) is 3.24. The van der Waals surface area contributed by atoms with E-state index in [0.717, 1.165) is 5.33 Å². The third-order valence-corrected chi connectivity index (χ3v) is 2.86. The molecule has 0 aliphatic carbocycles. The fraction of sp³-hybridized carbons (Fsp3) is 0.143. The van der Waals surface area contributed by atoms with Crippen LogP contribution in [0.4, 0.5) is 0 Å². The lowest BCUT2D eigenvalue weighted by atomic mass is 9.94. The molecule has 11 heavy (non-hydrogen) atoms. The lowest BCUT2D eigenvalue weighted by Gasteiger charge is -1.97. The molecule has 0 saturated heterocycles. The van der Waals surface area contributed by atoms with E-state index in [-0.39, 0.29) is 0 Å². The van der Waals surface area contributed by atoms with Crippen LogP contribution in [0.25, 0.3) is 0 Å². The summed E-state index contributed by atoms with van der Waals surface area (Å²) in [5.74, 6) is 0. The highest BCUT2D eigenvalue weighted by Crippen LogP contribution is 2.11. The Morgan fingerprint density at radius 3 is 2.45 bits per heavy atom. The van der Waals surface area contributed by atoms with Crippen molar-refractivity contribution in [3.8, 4) is 0 Å². The molecule has 1 radical (unpaired) electrons. The molecule has 0 aliphatic heterocycles. The van der Waals surface area contributed by atoms with Gasteiger partial charge in [0, 0.05) is 5.33 Å². The minimum Gasteiger partial charge on any atom is -0.165 e. The average molecular weight is 246 g/mol. The minimum atomic E-state index is 0.590. The summed E-state index contributed by atoms with van der Waals surface area (Å²) in [6, 6.07) is 8.46. The van der Waals surface area contributed by atoms with Gasteiger partial charge in [0.2, 0.25) is 0 Å². The van der Waals surface area contributed by atoms with E-state index in [2.05, 4.69) is 59.4 Å². The van der Waals surface area contributed by atoms with Crippen molar-refractivity contribution < 1.29 is 0 Å². The molecule has 57 valence electrons. The van der Waals surface area contributed by atoms with E-state index in [4.69, 9.17) is 0 Å². The molecule has 0 spiro atoms. The van der Waals surface area contributed by atoms with Crippen LogP contribution in [0.5, 0.6) is 0 Å². The Bertz CT molecular complexity index is 214. The summed E-state index contributed by atoms with van der Waals surface area (Å²) in [7, 11) is 0.590. The molecule has 4 heteroatoms. The molecule has 0 N–H and O–H groups in total. The van der Waals surface area contributed by atoms with Gasteiger partial charge in [-0.3, -0.25) is 0 Å². The third-order valence-electron chi connectivity index (χ3n) is 1.37. The van der Waals surface area contributed by atoms with Gasteiger partial charge in [-0.05, 0) is 5.56 Å². The molecule has 0 amide bonds. The summed E-state index contributed by atoms with van der Waals surface area (Å²) in [4.78, 5) is 0. The average Bonchev–Trinajstić information content (AvgIpc) is 2.07. The van der Waals surface area contributed by atoms with Crippen molar-refractivity contribution in [2.75, 3.05) is 0 Å². The molecule has 1 aromatic carbocycles.